The summed E-state index contributed by atoms with van der Waals surface area (Å²) in [5, 5.41) is 24.7. The minimum Gasteiger partial charge on any atom is -0.478 e. The van der Waals surface area contributed by atoms with Crippen molar-refractivity contribution in [3.8, 4) is 0 Å². The van der Waals surface area contributed by atoms with E-state index in [1.165, 1.54) is 23.5 Å². The van der Waals surface area contributed by atoms with Crippen LogP contribution in [0.15, 0.2) is 34.1 Å². The zero-order valence-electron chi connectivity index (χ0n) is 10.00. The first-order chi connectivity index (χ1) is 9.49. The topological polar surface area (TPSA) is 92.5 Å². The van der Waals surface area contributed by atoms with Crippen molar-refractivity contribution >= 4 is 44.6 Å². The van der Waals surface area contributed by atoms with Gasteiger partial charge in [-0.25, -0.2) is 4.79 Å². The Morgan fingerprint density at radius 1 is 1.45 bits per heavy atom. The van der Waals surface area contributed by atoms with Crippen molar-refractivity contribution < 1.29 is 14.8 Å². The van der Waals surface area contributed by atoms with Crippen LogP contribution in [-0.2, 0) is 6.54 Å². The number of rotatable bonds is 5. The summed E-state index contributed by atoms with van der Waals surface area (Å²) >= 11 is 4.91. The molecule has 0 saturated carbocycles. The molecule has 0 bridgehead atoms. The lowest BCUT2D eigenvalue weighted by Gasteiger charge is -2.08. The summed E-state index contributed by atoms with van der Waals surface area (Å²) < 4.78 is 0.939. The average molecular weight is 357 g/mol. The summed E-state index contributed by atoms with van der Waals surface area (Å²) in [6, 6.07) is 5.63. The highest BCUT2D eigenvalue weighted by Crippen LogP contribution is 2.26. The van der Waals surface area contributed by atoms with E-state index in [-0.39, 0.29) is 11.3 Å². The number of hydrogen-bond donors (Lipinski definition) is 2. The molecule has 1 aromatic heterocycles. The first kappa shape index (κ1) is 14.5. The Morgan fingerprint density at radius 2 is 2.20 bits per heavy atom. The molecule has 0 radical (unpaired) electrons. The van der Waals surface area contributed by atoms with E-state index in [9.17, 15) is 14.9 Å². The van der Waals surface area contributed by atoms with E-state index >= 15 is 0 Å². The van der Waals surface area contributed by atoms with E-state index in [0.717, 1.165) is 15.4 Å². The fourth-order valence-electron chi connectivity index (χ4n) is 1.60. The van der Waals surface area contributed by atoms with Gasteiger partial charge in [0.2, 0.25) is 0 Å². The summed E-state index contributed by atoms with van der Waals surface area (Å²) in [5.41, 5.74) is -0.0134. The fraction of sp³-hybridized carbons (Fsp3) is 0.0833. The highest BCUT2D eigenvalue weighted by molar-refractivity contribution is 9.10. The molecule has 104 valence electrons. The second-order valence-electron chi connectivity index (χ2n) is 3.84. The van der Waals surface area contributed by atoms with Crippen molar-refractivity contribution in [2.24, 2.45) is 0 Å². The molecule has 0 saturated heterocycles. The average Bonchev–Trinajstić information content (AvgIpc) is 2.81. The van der Waals surface area contributed by atoms with Gasteiger partial charge in [0.1, 0.15) is 0 Å². The van der Waals surface area contributed by atoms with Gasteiger partial charge >= 0.3 is 5.97 Å². The van der Waals surface area contributed by atoms with Crippen LogP contribution >= 0.6 is 27.3 Å². The molecule has 0 fully saturated rings. The van der Waals surface area contributed by atoms with E-state index in [1.54, 1.807) is 0 Å². The number of nitro benzene ring substituents is 1. The van der Waals surface area contributed by atoms with Crippen LogP contribution in [0.1, 0.15) is 15.2 Å². The van der Waals surface area contributed by atoms with Gasteiger partial charge in [-0.05, 0) is 33.4 Å². The van der Waals surface area contributed by atoms with Gasteiger partial charge in [-0.3, -0.25) is 10.1 Å². The normalized spacial score (nSPS) is 10.2. The SMILES string of the molecule is O=C(O)c1cc([N+](=O)[O-])ccc1NCc1sccc1Br. The summed E-state index contributed by atoms with van der Waals surface area (Å²) in [5.74, 6) is -1.21. The van der Waals surface area contributed by atoms with Gasteiger partial charge in [-0.1, -0.05) is 0 Å². The Hall–Kier alpha value is -1.93. The quantitative estimate of drug-likeness (QED) is 0.628. The van der Waals surface area contributed by atoms with Gasteiger partial charge in [0.15, 0.2) is 0 Å². The van der Waals surface area contributed by atoms with Gasteiger partial charge in [-0.15, -0.1) is 11.3 Å². The summed E-state index contributed by atoms with van der Waals surface area (Å²) in [6.45, 7) is 0.441. The van der Waals surface area contributed by atoms with Crippen LogP contribution in [0.2, 0.25) is 0 Å². The third kappa shape index (κ3) is 3.14. The highest BCUT2D eigenvalue weighted by Gasteiger charge is 2.16. The number of benzene rings is 1. The van der Waals surface area contributed by atoms with Gasteiger partial charge in [-0.2, -0.15) is 0 Å². The molecule has 0 aliphatic carbocycles. The molecule has 0 amide bonds. The Morgan fingerprint density at radius 3 is 2.75 bits per heavy atom. The van der Waals surface area contributed by atoms with Crippen LogP contribution in [0.25, 0.3) is 0 Å². The number of hydrogen-bond acceptors (Lipinski definition) is 5. The first-order valence-electron chi connectivity index (χ1n) is 5.46. The number of nitro groups is 1. The molecule has 0 aliphatic rings. The summed E-state index contributed by atoms with van der Waals surface area (Å²) in [4.78, 5) is 22.2. The molecule has 0 unspecified atom stereocenters. The van der Waals surface area contributed by atoms with Crippen LogP contribution in [0.3, 0.4) is 0 Å². The van der Waals surface area contributed by atoms with E-state index in [0.29, 0.717) is 12.2 Å². The Kier molecular flexibility index (Phi) is 4.35. The van der Waals surface area contributed by atoms with Gasteiger partial charge in [0.05, 0.1) is 17.0 Å². The van der Waals surface area contributed by atoms with Crippen LogP contribution in [0.5, 0.6) is 0 Å². The molecule has 0 spiro atoms. The zero-order chi connectivity index (χ0) is 14.7. The van der Waals surface area contributed by atoms with Crippen molar-refractivity contribution in [1.29, 1.82) is 0 Å². The number of nitrogens with zero attached hydrogens (tertiary/aromatic N) is 1. The predicted molar refractivity (Wildman–Crippen MR) is 79.4 cm³/mol. The first-order valence-corrected chi connectivity index (χ1v) is 7.14. The molecule has 6 nitrogen and oxygen atoms in total. The number of anilines is 1. The lowest BCUT2D eigenvalue weighted by molar-refractivity contribution is -0.384. The fourth-order valence-corrected chi connectivity index (χ4v) is 3.04. The second kappa shape index (κ2) is 6.02. The number of nitrogens with one attached hydrogen (secondary N) is 1. The van der Waals surface area contributed by atoms with E-state index in [1.807, 2.05) is 11.4 Å². The third-order valence-electron chi connectivity index (χ3n) is 2.57. The summed E-state index contributed by atoms with van der Waals surface area (Å²) in [7, 11) is 0. The zero-order valence-corrected chi connectivity index (χ0v) is 12.4. The van der Waals surface area contributed by atoms with Gasteiger partial charge in [0, 0.05) is 27.2 Å². The maximum absolute atomic E-state index is 11.2. The minimum atomic E-state index is -1.21. The monoisotopic (exact) mass is 356 g/mol. The third-order valence-corrected chi connectivity index (χ3v) is 4.50. The second-order valence-corrected chi connectivity index (χ2v) is 5.69. The molecule has 20 heavy (non-hydrogen) atoms. The maximum Gasteiger partial charge on any atom is 0.338 e. The van der Waals surface area contributed by atoms with Crippen molar-refractivity contribution in [2.75, 3.05) is 5.32 Å². The Balaban J connectivity index is 2.25. The van der Waals surface area contributed by atoms with Gasteiger partial charge < -0.3 is 10.4 Å². The smallest absolute Gasteiger partial charge is 0.338 e. The van der Waals surface area contributed by atoms with E-state index in [4.69, 9.17) is 5.11 Å². The maximum atomic E-state index is 11.2. The predicted octanol–water partition coefficient (Wildman–Crippen LogP) is 3.73. The molecule has 1 heterocycles. The number of aromatic carboxylic acids is 1. The van der Waals surface area contributed by atoms with Gasteiger partial charge in [0.25, 0.3) is 5.69 Å². The molecular weight excluding hydrogens is 348 g/mol. The van der Waals surface area contributed by atoms with Crippen molar-refractivity contribution in [1.82, 2.24) is 0 Å². The van der Waals surface area contributed by atoms with Crippen molar-refractivity contribution in [2.45, 2.75) is 6.54 Å². The number of non-ortho nitro benzene ring substituents is 1. The Labute approximate surface area is 126 Å². The lowest BCUT2D eigenvalue weighted by atomic mass is 10.1. The summed E-state index contributed by atoms with van der Waals surface area (Å²) in [6.07, 6.45) is 0. The van der Waals surface area contributed by atoms with Crippen LogP contribution < -0.4 is 5.32 Å². The number of halogens is 1. The number of carboxylic acids is 1. The molecule has 2 N–H and O–H groups in total. The number of carboxylic acid groups (broad SMARTS) is 1. The van der Waals surface area contributed by atoms with Crippen LogP contribution in [-0.4, -0.2) is 16.0 Å². The van der Waals surface area contributed by atoms with Crippen LogP contribution in [0, 0.1) is 10.1 Å². The van der Waals surface area contributed by atoms with Crippen molar-refractivity contribution in [3.05, 3.63) is 54.7 Å². The molecule has 0 atom stereocenters. The standard InChI is InChI=1S/C12H9BrN2O4S/c13-9-3-4-20-11(9)6-14-10-2-1-7(15(18)19)5-8(10)12(16)17/h1-5,14H,6H2,(H,16,17). The molecule has 2 aromatic rings. The van der Waals surface area contributed by atoms with E-state index < -0.39 is 10.9 Å². The largest absolute Gasteiger partial charge is 0.478 e. The number of carbonyl (C=O) groups is 1. The number of thiophene rings is 1. The van der Waals surface area contributed by atoms with Crippen LogP contribution in [0.4, 0.5) is 11.4 Å². The molecule has 1 aromatic carbocycles. The Bertz CT molecular complexity index is 671. The molecule has 2 rings (SSSR count). The minimum absolute atomic E-state index is 0.119. The molecule has 0 aliphatic heterocycles. The van der Waals surface area contributed by atoms with E-state index in [2.05, 4.69) is 21.2 Å². The molecular formula is C12H9BrN2O4S. The highest BCUT2D eigenvalue weighted by atomic mass is 79.9. The van der Waals surface area contributed by atoms with Crippen molar-refractivity contribution in [3.63, 3.8) is 0 Å². The lowest BCUT2D eigenvalue weighted by Crippen LogP contribution is -2.06. The molecule has 8 heteroatoms.